The number of nitrogens with zero attached hydrogens (tertiary/aromatic N) is 3. The summed E-state index contributed by atoms with van der Waals surface area (Å²) in [4.78, 5) is 15.5. The molecule has 8 aromatic rings. The van der Waals surface area contributed by atoms with Crippen LogP contribution in [0.5, 0.6) is 0 Å². The van der Waals surface area contributed by atoms with Gasteiger partial charge in [0.15, 0.2) is 17.5 Å². The molecule has 0 radical (unpaired) electrons. The van der Waals surface area contributed by atoms with E-state index >= 15 is 0 Å². The minimum absolute atomic E-state index is 0.147. The summed E-state index contributed by atoms with van der Waals surface area (Å²) in [5, 5.41) is 0. The van der Waals surface area contributed by atoms with Crippen LogP contribution in [0.1, 0.15) is 67.5 Å². The maximum atomic E-state index is 5.24. The quantitative estimate of drug-likeness (QED) is 0.182. The molecule has 0 amide bonds. The lowest BCUT2D eigenvalue weighted by Crippen LogP contribution is -2.25. The third-order valence-electron chi connectivity index (χ3n) is 12.8. The molecule has 11 rings (SSSR count). The van der Waals surface area contributed by atoms with E-state index in [0.29, 0.717) is 17.5 Å². The van der Waals surface area contributed by atoms with Gasteiger partial charge in [-0.1, -0.05) is 185 Å². The summed E-state index contributed by atoms with van der Waals surface area (Å²) in [6, 6.07) is 59.6. The molecule has 1 heterocycles. The highest BCUT2D eigenvalue weighted by Gasteiger charge is 2.51. The molecule has 0 atom stereocenters. The molecule has 3 aliphatic rings. The Hall–Kier alpha value is -6.45. The molecule has 0 saturated heterocycles. The SMILES string of the molecule is CC1(C)CC(C)(C)c2cc(-c3ccc(-c4nc(-c5ccccc5)nc(-c5ccc6c(c5)C5(c7ccccc7-c7ccccc75)c5ccccc5-6)n4)cc3)ccc21. The zero-order chi connectivity index (χ0) is 37.8. The molecule has 1 spiro atoms. The van der Waals surface area contributed by atoms with Gasteiger partial charge in [-0.2, -0.15) is 0 Å². The predicted molar refractivity (Wildman–Crippen MR) is 229 cm³/mol. The van der Waals surface area contributed by atoms with Crippen molar-refractivity contribution in [2.24, 2.45) is 0 Å². The maximum absolute atomic E-state index is 5.24. The molecule has 7 aromatic carbocycles. The second-order valence-electron chi connectivity index (χ2n) is 17.1. The average Bonchev–Trinajstić information content (AvgIpc) is 3.77. The van der Waals surface area contributed by atoms with E-state index in [4.69, 9.17) is 15.0 Å². The number of fused-ring (bicyclic) bond motifs is 11. The van der Waals surface area contributed by atoms with Crippen molar-refractivity contribution in [2.75, 3.05) is 0 Å². The summed E-state index contributed by atoms with van der Waals surface area (Å²) in [5.74, 6) is 1.98. The molecule has 0 unspecified atom stereocenters. The Morgan fingerprint density at radius 3 is 1.32 bits per heavy atom. The van der Waals surface area contributed by atoms with Gasteiger partial charge in [0.2, 0.25) is 0 Å². The number of hydrogen-bond donors (Lipinski definition) is 0. The fraction of sp³-hybridized carbons (Fsp3) is 0.151. The summed E-state index contributed by atoms with van der Waals surface area (Å²) in [5.41, 5.74) is 18.5. The lowest BCUT2D eigenvalue weighted by molar-refractivity contribution is 0.403. The third-order valence-corrected chi connectivity index (χ3v) is 12.8. The molecular formula is C53H41N3. The average molecular weight is 720 g/mol. The highest BCUT2D eigenvalue weighted by atomic mass is 15.0. The van der Waals surface area contributed by atoms with Gasteiger partial charge in [0.1, 0.15) is 0 Å². The van der Waals surface area contributed by atoms with Crippen molar-refractivity contribution in [3.63, 3.8) is 0 Å². The molecule has 3 heteroatoms. The summed E-state index contributed by atoms with van der Waals surface area (Å²) >= 11 is 0. The zero-order valence-electron chi connectivity index (χ0n) is 32.1. The lowest BCUT2D eigenvalue weighted by atomic mass is 9.70. The van der Waals surface area contributed by atoms with E-state index in [-0.39, 0.29) is 10.8 Å². The molecule has 0 bridgehead atoms. The van der Waals surface area contributed by atoms with Crippen LogP contribution in [0.4, 0.5) is 0 Å². The largest absolute Gasteiger partial charge is 0.208 e. The monoisotopic (exact) mass is 719 g/mol. The van der Waals surface area contributed by atoms with Crippen LogP contribution in [-0.2, 0) is 16.2 Å². The van der Waals surface area contributed by atoms with E-state index in [2.05, 4.69) is 173 Å². The third kappa shape index (κ3) is 4.67. The second-order valence-corrected chi connectivity index (χ2v) is 17.1. The van der Waals surface area contributed by atoms with Crippen molar-refractivity contribution in [1.29, 1.82) is 0 Å². The molecule has 3 aliphatic carbocycles. The van der Waals surface area contributed by atoms with Gasteiger partial charge in [-0.15, -0.1) is 0 Å². The van der Waals surface area contributed by atoms with Crippen LogP contribution >= 0.6 is 0 Å². The zero-order valence-corrected chi connectivity index (χ0v) is 32.1. The molecule has 56 heavy (non-hydrogen) atoms. The van der Waals surface area contributed by atoms with Crippen LogP contribution in [0.2, 0.25) is 0 Å². The number of aromatic nitrogens is 3. The Labute approximate surface area is 328 Å². The number of hydrogen-bond acceptors (Lipinski definition) is 3. The van der Waals surface area contributed by atoms with Crippen LogP contribution in [0.3, 0.4) is 0 Å². The molecule has 0 aliphatic heterocycles. The predicted octanol–water partition coefficient (Wildman–Crippen LogP) is 12.8. The molecule has 3 nitrogen and oxygen atoms in total. The Balaban J connectivity index is 1.06. The second kappa shape index (κ2) is 11.8. The first-order chi connectivity index (χ1) is 27.2. The molecule has 1 aromatic heterocycles. The smallest absolute Gasteiger partial charge is 0.164 e. The Bertz CT molecular complexity index is 2820. The van der Waals surface area contributed by atoms with Gasteiger partial charge in [0, 0.05) is 16.7 Å². The molecular weight excluding hydrogens is 679 g/mol. The Kier molecular flexibility index (Phi) is 6.93. The first-order valence-electron chi connectivity index (χ1n) is 19.7. The van der Waals surface area contributed by atoms with Gasteiger partial charge < -0.3 is 0 Å². The van der Waals surface area contributed by atoms with E-state index in [1.165, 1.54) is 66.8 Å². The van der Waals surface area contributed by atoms with Crippen molar-refractivity contribution in [3.8, 4) is 67.5 Å². The Morgan fingerprint density at radius 2 is 0.732 bits per heavy atom. The molecule has 0 saturated carbocycles. The first kappa shape index (κ1) is 32.9. The van der Waals surface area contributed by atoms with E-state index in [1.807, 2.05) is 18.2 Å². The minimum Gasteiger partial charge on any atom is -0.208 e. The van der Waals surface area contributed by atoms with Crippen LogP contribution in [0.25, 0.3) is 67.5 Å². The highest BCUT2D eigenvalue weighted by molar-refractivity contribution is 5.95. The number of rotatable bonds is 4. The van der Waals surface area contributed by atoms with Crippen molar-refractivity contribution < 1.29 is 0 Å². The van der Waals surface area contributed by atoms with Gasteiger partial charge in [-0.25, -0.2) is 15.0 Å². The van der Waals surface area contributed by atoms with Gasteiger partial charge in [0.25, 0.3) is 0 Å². The van der Waals surface area contributed by atoms with E-state index < -0.39 is 5.41 Å². The summed E-state index contributed by atoms with van der Waals surface area (Å²) in [7, 11) is 0. The highest BCUT2D eigenvalue weighted by Crippen LogP contribution is 2.63. The fourth-order valence-electron chi connectivity index (χ4n) is 10.6. The summed E-state index contributed by atoms with van der Waals surface area (Å²) in [6.45, 7) is 9.49. The lowest BCUT2D eigenvalue weighted by Gasteiger charge is -2.30. The van der Waals surface area contributed by atoms with Crippen LogP contribution in [0, 0.1) is 0 Å². The van der Waals surface area contributed by atoms with E-state index in [1.54, 1.807) is 0 Å². The van der Waals surface area contributed by atoms with Crippen LogP contribution < -0.4 is 0 Å². The fourth-order valence-corrected chi connectivity index (χ4v) is 10.6. The maximum Gasteiger partial charge on any atom is 0.164 e. The minimum atomic E-state index is -0.439. The van der Waals surface area contributed by atoms with Crippen molar-refractivity contribution in [1.82, 2.24) is 15.0 Å². The van der Waals surface area contributed by atoms with Crippen molar-refractivity contribution in [2.45, 2.75) is 50.4 Å². The topological polar surface area (TPSA) is 38.7 Å². The van der Waals surface area contributed by atoms with Crippen molar-refractivity contribution in [3.05, 3.63) is 197 Å². The molecule has 0 N–H and O–H groups in total. The van der Waals surface area contributed by atoms with Crippen LogP contribution in [0.15, 0.2) is 164 Å². The van der Waals surface area contributed by atoms with E-state index in [0.717, 1.165) is 23.1 Å². The molecule has 0 fully saturated rings. The van der Waals surface area contributed by atoms with Gasteiger partial charge in [-0.3, -0.25) is 0 Å². The van der Waals surface area contributed by atoms with Gasteiger partial charge >= 0.3 is 0 Å². The normalized spacial score (nSPS) is 15.9. The van der Waals surface area contributed by atoms with Gasteiger partial charge in [0.05, 0.1) is 5.41 Å². The summed E-state index contributed by atoms with van der Waals surface area (Å²) in [6.07, 6.45) is 1.15. The summed E-state index contributed by atoms with van der Waals surface area (Å²) < 4.78 is 0. The Morgan fingerprint density at radius 1 is 0.321 bits per heavy atom. The van der Waals surface area contributed by atoms with Gasteiger partial charge in [-0.05, 0) is 90.1 Å². The van der Waals surface area contributed by atoms with Crippen LogP contribution in [-0.4, -0.2) is 15.0 Å². The molecule has 268 valence electrons. The standard InChI is InChI=1S/C53H41N3/c1-51(2)32-52(3,4)47-30-36(27-29-45(47)51)33-22-24-35(25-23-33)49-54-48(34-14-6-5-7-15-34)55-50(56-49)37-26-28-41-40-18-10-13-21-44(40)53(46(41)31-37)42-19-11-8-16-38(42)39-17-9-12-20-43(39)53/h5-31H,32H2,1-4H3. The number of benzene rings is 7. The van der Waals surface area contributed by atoms with E-state index in [9.17, 15) is 0 Å². The van der Waals surface area contributed by atoms with Crippen molar-refractivity contribution >= 4 is 0 Å². The first-order valence-corrected chi connectivity index (χ1v) is 19.7.